The highest BCUT2D eigenvalue weighted by molar-refractivity contribution is 6.30. The second-order valence-corrected chi connectivity index (χ2v) is 6.64. The molecule has 3 heteroatoms. The van der Waals surface area contributed by atoms with E-state index >= 15 is 0 Å². The summed E-state index contributed by atoms with van der Waals surface area (Å²) in [4.78, 5) is 0. The molecule has 1 atom stereocenters. The fourth-order valence-electron chi connectivity index (χ4n) is 2.10. The molecule has 0 aromatic heterocycles. The zero-order valence-corrected chi connectivity index (χ0v) is 13.1. The van der Waals surface area contributed by atoms with Crippen molar-refractivity contribution < 1.29 is 4.39 Å². The van der Waals surface area contributed by atoms with E-state index in [1.54, 1.807) is 12.1 Å². The molecule has 0 radical (unpaired) electrons. The molecule has 1 nitrogen and oxygen atoms in total. The summed E-state index contributed by atoms with van der Waals surface area (Å²) in [7, 11) is 0. The van der Waals surface area contributed by atoms with Gasteiger partial charge < -0.3 is 5.32 Å². The Morgan fingerprint density at radius 2 is 2.00 bits per heavy atom. The molecule has 0 heterocycles. The molecule has 108 valence electrons. The molecule has 0 spiro atoms. The Morgan fingerprint density at radius 3 is 2.58 bits per heavy atom. The van der Waals surface area contributed by atoms with Gasteiger partial charge >= 0.3 is 0 Å². The summed E-state index contributed by atoms with van der Waals surface area (Å²) in [5.74, 6) is 0.223. The van der Waals surface area contributed by atoms with E-state index in [4.69, 9.17) is 11.6 Å². The van der Waals surface area contributed by atoms with Crippen molar-refractivity contribution >= 4 is 11.6 Å². The van der Waals surface area contributed by atoms with E-state index in [9.17, 15) is 4.39 Å². The summed E-state index contributed by atoms with van der Waals surface area (Å²) in [6.07, 6.45) is 1.83. The molecule has 0 saturated heterocycles. The van der Waals surface area contributed by atoms with Gasteiger partial charge in [0, 0.05) is 5.02 Å². The van der Waals surface area contributed by atoms with Crippen LogP contribution in [0.3, 0.4) is 0 Å². The summed E-state index contributed by atoms with van der Waals surface area (Å²) in [6.45, 7) is 10.7. The Bertz CT molecular complexity index is 398. The van der Waals surface area contributed by atoms with Gasteiger partial charge in [-0.15, -0.1) is 0 Å². The first-order valence-electron chi connectivity index (χ1n) is 6.99. The van der Waals surface area contributed by atoms with Crippen LogP contribution in [0.1, 0.15) is 39.7 Å². The van der Waals surface area contributed by atoms with Crippen LogP contribution in [0.5, 0.6) is 0 Å². The van der Waals surface area contributed by atoms with Crippen molar-refractivity contribution in [2.24, 2.45) is 11.3 Å². The minimum absolute atomic E-state index is 0.134. The van der Waals surface area contributed by atoms with Gasteiger partial charge in [0.2, 0.25) is 0 Å². The van der Waals surface area contributed by atoms with E-state index in [-0.39, 0.29) is 11.2 Å². The number of benzene rings is 1. The Hall–Kier alpha value is -0.600. The van der Waals surface area contributed by atoms with Crippen molar-refractivity contribution in [3.8, 4) is 0 Å². The van der Waals surface area contributed by atoms with E-state index in [0.717, 1.165) is 19.5 Å². The summed E-state index contributed by atoms with van der Waals surface area (Å²) in [5.41, 5.74) is 0.848. The van der Waals surface area contributed by atoms with Gasteiger partial charge in [-0.3, -0.25) is 0 Å². The van der Waals surface area contributed by atoms with E-state index < -0.39 is 0 Å². The maximum absolute atomic E-state index is 13.8. The fraction of sp³-hybridized carbons (Fsp3) is 0.625. The van der Waals surface area contributed by atoms with Crippen LogP contribution in [-0.4, -0.2) is 13.1 Å². The number of nitrogens with one attached hydrogen (secondary N) is 1. The fourth-order valence-corrected chi connectivity index (χ4v) is 2.30. The summed E-state index contributed by atoms with van der Waals surface area (Å²) in [6, 6.07) is 4.80. The van der Waals surface area contributed by atoms with Crippen LogP contribution < -0.4 is 5.32 Å². The summed E-state index contributed by atoms with van der Waals surface area (Å²) in [5, 5.41) is 4.04. The van der Waals surface area contributed by atoms with Crippen molar-refractivity contribution in [2.75, 3.05) is 13.1 Å². The molecule has 1 rings (SSSR count). The van der Waals surface area contributed by atoms with Gasteiger partial charge in [0.05, 0.1) is 0 Å². The quantitative estimate of drug-likeness (QED) is 0.748. The molecule has 0 saturated carbocycles. The van der Waals surface area contributed by atoms with Crippen molar-refractivity contribution in [1.29, 1.82) is 0 Å². The van der Waals surface area contributed by atoms with Crippen molar-refractivity contribution in [3.05, 3.63) is 34.6 Å². The highest BCUT2D eigenvalue weighted by atomic mass is 35.5. The molecule has 1 N–H and O–H groups in total. The third-order valence-electron chi connectivity index (χ3n) is 3.52. The van der Waals surface area contributed by atoms with Crippen LogP contribution in [0.15, 0.2) is 18.2 Å². The Kier molecular flexibility index (Phi) is 6.28. The van der Waals surface area contributed by atoms with Crippen LogP contribution in [0.25, 0.3) is 0 Å². The van der Waals surface area contributed by atoms with Gasteiger partial charge in [-0.25, -0.2) is 4.39 Å². The molecule has 0 fully saturated rings. The van der Waals surface area contributed by atoms with Gasteiger partial charge in [0.25, 0.3) is 0 Å². The van der Waals surface area contributed by atoms with Crippen molar-refractivity contribution in [2.45, 2.75) is 40.5 Å². The molecular formula is C16H25ClFN. The zero-order valence-electron chi connectivity index (χ0n) is 12.4. The Balaban J connectivity index is 2.79. The average molecular weight is 286 g/mol. The topological polar surface area (TPSA) is 12.0 Å². The molecule has 1 aromatic carbocycles. The summed E-state index contributed by atoms with van der Waals surface area (Å²) < 4.78 is 13.8. The zero-order chi connectivity index (χ0) is 14.5. The van der Waals surface area contributed by atoms with Gasteiger partial charge in [-0.05, 0) is 61.0 Å². The molecule has 0 aliphatic heterocycles. The number of hydrogen-bond acceptors (Lipinski definition) is 1. The lowest BCUT2D eigenvalue weighted by molar-refractivity contribution is 0.229. The van der Waals surface area contributed by atoms with Crippen LogP contribution in [0.2, 0.25) is 5.02 Å². The molecule has 19 heavy (non-hydrogen) atoms. The highest BCUT2D eigenvalue weighted by Gasteiger charge is 2.25. The number of rotatable bonds is 6. The first-order chi connectivity index (χ1) is 8.84. The molecule has 0 aliphatic rings. The van der Waals surface area contributed by atoms with E-state index in [1.807, 2.05) is 0 Å². The highest BCUT2D eigenvalue weighted by Crippen LogP contribution is 2.30. The lowest BCUT2D eigenvalue weighted by atomic mass is 9.77. The van der Waals surface area contributed by atoms with Gasteiger partial charge in [0.1, 0.15) is 5.82 Å². The first kappa shape index (κ1) is 16.5. The largest absolute Gasteiger partial charge is 0.316 e. The second-order valence-electron chi connectivity index (χ2n) is 6.21. The predicted molar refractivity (Wildman–Crippen MR) is 81.2 cm³/mol. The van der Waals surface area contributed by atoms with Crippen LogP contribution in [0, 0.1) is 17.2 Å². The van der Waals surface area contributed by atoms with Gasteiger partial charge in [-0.2, -0.15) is 0 Å². The van der Waals surface area contributed by atoms with Gasteiger partial charge in [-0.1, -0.05) is 39.3 Å². The minimum atomic E-state index is -0.158. The summed E-state index contributed by atoms with van der Waals surface area (Å²) >= 11 is 5.96. The molecule has 0 bridgehead atoms. The Labute approximate surface area is 121 Å². The lowest BCUT2D eigenvalue weighted by Crippen LogP contribution is -2.34. The van der Waals surface area contributed by atoms with Gasteiger partial charge in [0.15, 0.2) is 0 Å². The van der Waals surface area contributed by atoms with Crippen LogP contribution >= 0.6 is 11.6 Å². The lowest BCUT2D eigenvalue weighted by Gasteiger charge is -2.31. The van der Waals surface area contributed by atoms with E-state index in [1.165, 1.54) is 6.07 Å². The minimum Gasteiger partial charge on any atom is -0.316 e. The Morgan fingerprint density at radius 1 is 1.32 bits per heavy atom. The molecular weight excluding hydrogens is 261 g/mol. The van der Waals surface area contributed by atoms with E-state index in [2.05, 4.69) is 33.0 Å². The molecule has 0 aliphatic carbocycles. The maximum Gasteiger partial charge on any atom is 0.126 e. The monoisotopic (exact) mass is 285 g/mol. The number of hydrogen-bond donors (Lipinski definition) is 1. The standard InChI is InChI=1S/C16H25ClFN/c1-5-8-19-11-13(16(2,3)4)9-12-10-14(17)6-7-15(12)18/h6-7,10,13,19H,5,8-9,11H2,1-4H3. The smallest absolute Gasteiger partial charge is 0.126 e. The van der Waals surface area contributed by atoms with Crippen LogP contribution in [0.4, 0.5) is 4.39 Å². The van der Waals surface area contributed by atoms with Crippen molar-refractivity contribution in [1.82, 2.24) is 5.32 Å². The molecule has 1 aromatic rings. The van der Waals surface area contributed by atoms with Crippen molar-refractivity contribution in [3.63, 3.8) is 0 Å². The maximum atomic E-state index is 13.8. The third-order valence-corrected chi connectivity index (χ3v) is 3.75. The second kappa shape index (κ2) is 7.25. The first-order valence-corrected chi connectivity index (χ1v) is 7.37. The molecule has 0 amide bonds. The SMILES string of the molecule is CCCNCC(Cc1cc(Cl)ccc1F)C(C)(C)C. The average Bonchev–Trinajstić information content (AvgIpc) is 2.31. The predicted octanol–water partition coefficient (Wildman–Crippen LogP) is 4.68. The number of halogens is 2. The third kappa shape index (κ3) is 5.50. The normalized spacial score (nSPS) is 13.6. The van der Waals surface area contributed by atoms with Crippen LogP contribution in [-0.2, 0) is 6.42 Å². The van der Waals surface area contributed by atoms with E-state index in [0.29, 0.717) is 22.9 Å². The molecule has 1 unspecified atom stereocenters.